The van der Waals surface area contributed by atoms with Crippen molar-refractivity contribution in [2.45, 2.75) is 19.4 Å². The molecule has 1 unspecified atom stereocenters. The Morgan fingerprint density at radius 2 is 1.67 bits per heavy atom. The van der Waals surface area contributed by atoms with E-state index in [1.54, 1.807) is 0 Å². The minimum Gasteiger partial charge on any atom is -0.381 e. The summed E-state index contributed by atoms with van der Waals surface area (Å²) < 4.78 is 0. The fraction of sp³-hybridized carbons (Fsp3) is 0.250. The van der Waals surface area contributed by atoms with E-state index in [2.05, 4.69) is 60.8 Å². The first-order valence-electron chi connectivity index (χ1n) is 6.35. The highest BCUT2D eigenvalue weighted by molar-refractivity contribution is 5.45. The Bertz CT molecular complexity index is 462. The summed E-state index contributed by atoms with van der Waals surface area (Å²) in [5, 5.41) is 3.48. The third kappa shape index (κ3) is 3.60. The van der Waals surface area contributed by atoms with Crippen LogP contribution in [0.1, 0.15) is 11.1 Å². The van der Waals surface area contributed by atoms with Crippen molar-refractivity contribution in [1.82, 2.24) is 0 Å². The highest BCUT2D eigenvalue weighted by Gasteiger charge is 2.07. The van der Waals surface area contributed by atoms with Crippen LogP contribution in [-0.2, 0) is 6.42 Å². The maximum Gasteiger partial charge on any atom is 0.0424 e. The van der Waals surface area contributed by atoms with Gasteiger partial charge in [-0.15, -0.1) is 0 Å². The van der Waals surface area contributed by atoms with E-state index < -0.39 is 0 Å². The van der Waals surface area contributed by atoms with Crippen molar-refractivity contribution in [3.8, 4) is 0 Å². The average molecular weight is 240 g/mol. The SMILES string of the molecule is Cc1ccc(NC(CN)Cc2ccccc2)cc1. The number of rotatable bonds is 5. The van der Waals surface area contributed by atoms with Gasteiger partial charge < -0.3 is 11.1 Å². The molecule has 0 heterocycles. The lowest BCUT2D eigenvalue weighted by Crippen LogP contribution is -2.30. The molecule has 0 spiro atoms. The lowest BCUT2D eigenvalue weighted by Gasteiger charge is -2.18. The Hall–Kier alpha value is -1.80. The topological polar surface area (TPSA) is 38.0 Å². The second-order valence-corrected chi connectivity index (χ2v) is 4.63. The Morgan fingerprint density at radius 3 is 2.28 bits per heavy atom. The zero-order valence-electron chi connectivity index (χ0n) is 10.8. The first kappa shape index (κ1) is 12.7. The molecule has 0 amide bonds. The van der Waals surface area contributed by atoms with E-state index in [9.17, 15) is 0 Å². The minimum absolute atomic E-state index is 0.273. The molecule has 0 saturated heterocycles. The molecule has 0 aliphatic rings. The monoisotopic (exact) mass is 240 g/mol. The number of aryl methyl sites for hydroxylation is 1. The molecule has 2 nitrogen and oxygen atoms in total. The molecule has 2 heteroatoms. The highest BCUT2D eigenvalue weighted by Crippen LogP contribution is 2.12. The second-order valence-electron chi connectivity index (χ2n) is 4.63. The van der Waals surface area contributed by atoms with Crippen LogP contribution < -0.4 is 11.1 Å². The molecular formula is C16H20N2. The third-order valence-electron chi connectivity index (χ3n) is 3.03. The fourth-order valence-corrected chi connectivity index (χ4v) is 1.98. The van der Waals surface area contributed by atoms with Crippen LogP contribution in [0.5, 0.6) is 0 Å². The lowest BCUT2D eigenvalue weighted by atomic mass is 10.1. The van der Waals surface area contributed by atoms with Crippen LogP contribution >= 0.6 is 0 Å². The Balaban J connectivity index is 1.99. The van der Waals surface area contributed by atoms with Gasteiger partial charge in [0, 0.05) is 18.3 Å². The molecule has 3 N–H and O–H groups in total. The summed E-state index contributed by atoms with van der Waals surface area (Å²) in [6.07, 6.45) is 0.950. The molecule has 18 heavy (non-hydrogen) atoms. The Morgan fingerprint density at radius 1 is 1.00 bits per heavy atom. The maximum absolute atomic E-state index is 5.84. The van der Waals surface area contributed by atoms with Gasteiger partial charge in [0.1, 0.15) is 0 Å². The van der Waals surface area contributed by atoms with Crippen LogP contribution in [0.3, 0.4) is 0 Å². The smallest absolute Gasteiger partial charge is 0.0424 e. The first-order chi connectivity index (χ1) is 8.78. The summed E-state index contributed by atoms with van der Waals surface area (Å²) in [7, 11) is 0. The van der Waals surface area contributed by atoms with Crippen LogP contribution in [0.25, 0.3) is 0 Å². The van der Waals surface area contributed by atoms with E-state index >= 15 is 0 Å². The zero-order valence-corrected chi connectivity index (χ0v) is 10.8. The number of hydrogen-bond acceptors (Lipinski definition) is 2. The summed E-state index contributed by atoms with van der Waals surface area (Å²) in [6.45, 7) is 2.72. The van der Waals surface area contributed by atoms with E-state index in [0.717, 1.165) is 12.1 Å². The Labute approximate surface area is 109 Å². The van der Waals surface area contributed by atoms with Crippen molar-refractivity contribution < 1.29 is 0 Å². The van der Waals surface area contributed by atoms with Gasteiger partial charge in [-0.2, -0.15) is 0 Å². The summed E-state index contributed by atoms with van der Waals surface area (Å²) >= 11 is 0. The van der Waals surface area contributed by atoms with Gasteiger partial charge in [-0.05, 0) is 31.0 Å². The molecule has 2 aromatic rings. The van der Waals surface area contributed by atoms with Crippen molar-refractivity contribution in [3.05, 3.63) is 65.7 Å². The number of nitrogens with one attached hydrogen (secondary N) is 1. The highest BCUT2D eigenvalue weighted by atomic mass is 14.9. The third-order valence-corrected chi connectivity index (χ3v) is 3.03. The molecule has 0 aromatic heterocycles. The molecule has 0 aliphatic heterocycles. The predicted octanol–water partition coefficient (Wildman–Crippen LogP) is 2.98. The molecule has 0 aliphatic carbocycles. The molecule has 94 valence electrons. The molecule has 0 radical (unpaired) electrons. The molecule has 2 rings (SSSR count). The average Bonchev–Trinajstić information content (AvgIpc) is 2.41. The molecule has 0 fully saturated rings. The molecular weight excluding hydrogens is 220 g/mol. The number of benzene rings is 2. The van der Waals surface area contributed by atoms with Crippen molar-refractivity contribution in [2.75, 3.05) is 11.9 Å². The van der Waals surface area contributed by atoms with Gasteiger partial charge in [0.15, 0.2) is 0 Å². The van der Waals surface area contributed by atoms with Crippen LogP contribution in [-0.4, -0.2) is 12.6 Å². The normalized spacial score (nSPS) is 12.1. The molecule has 2 aromatic carbocycles. The van der Waals surface area contributed by atoms with Gasteiger partial charge in [0.2, 0.25) is 0 Å². The first-order valence-corrected chi connectivity index (χ1v) is 6.35. The summed E-state index contributed by atoms with van der Waals surface area (Å²) in [5.41, 5.74) is 9.55. The second kappa shape index (κ2) is 6.22. The van der Waals surface area contributed by atoms with Crippen molar-refractivity contribution in [3.63, 3.8) is 0 Å². The lowest BCUT2D eigenvalue weighted by molar-refractivity contribution is 0.724. The van der Waals surface area contributed by atoms with Crippen molar-refractivity contribution in [2.24, 2.45) is 5.73 Å². The number of anilines is 1. The van der Waals surface area contributed by atoms with Crippen molar-refractivity contribution >= 4 is 5.69 Å². The van der Waals surface area contributed by atoms with E-state index in [0.29, 0.717) is 6.54 Å². The van der Waals surface area contributed by atoms with E-state index in [-0.39, 0.29) is 6.04 Å². The van der Waals surface area contributed by atoms with Gasteiger partial charge >= 0.3 is 0 Å². The van der Waals surface area contributed by atoms with E-state index in [1.165, 1.54) is 11.1 Å². The van der Waals surface area contributed by atoms with E-state index in [4.69, 9.17) is 5.73 Å². The fourth-order valence-electron chi connectivity index (χ4n) is 1.98. The largest absolute Gasteiger partial charge is 0.381 e. The number of nitrogens with two attached hydrogens (primary N) is 1. The maximum atomic E-state index is 5.84. The molecule has 1 atom stereocenters. The zero-order chi connectivity index (χ0) is 12.8. The van der Waals surface area contributed by atoms with Gasteiger partial charge in [-0.25, -0.2) is 0 Å². The van der Waals surface area contributed by atoms with Gasteiger partial charge in [-0.1, -0.05) is 48.0 Å². The van der Waals surface area contributed by atoms with Crippen LogP contribution in [0.15, 0.2) is 54.6 Å². The van der Waals surface area contributed by atoms with Gasteiger partial charge in [0.05, 0.1) is 0 Å². The Kier molecular flexibility index (Phi) is 4.37. The summed E-state index contributed by atoms with van der Waals surface area (Å²) in [6, 6.07) is 19.1. The predicted molar refractivity (Wildman–Crippen MR) is 77.8 cm³/mol. The quantitative estimate of drug-likeness (QED) is 0.843. The van der Waals surface area contributed by atoms with Crippen LogP contribution in [0, 0.1) is 6.92 Å². The van der Waals surface area contributed by atoms with Crippen LogP contribution in [0.4, 0.5) is 5.69 Å². The van der Waals surface area contributed by atoms with Crippen LogP contribution in [0.2, 0.25) is 0 Å². The van der Waals surface area contributed by atoms with Gasteiger partial charge in [-0.3, -0.25) is 0 Å². The molecule has 0 saturated carbocycles. The summed E-state index contributed by atoms with van der Waals surface area (Å²) in [4.78, 5) is 0. The van der Waals surface area contributed by atoms with E-state index in [1.807, 2.05) is 6.07 Å². The minimum atomic E-state index is 0.273. The summed E-state index contributed by atoms with van der Waals surface area (Å²) in [5.74, 6) is 0. The standard InChI is InChI=1S/C16H20N2/c1-13-7-9-15(10-8-13)18-16(12-17)11-14-5-3-2-4-6-14/h2-10,16,18H,11-12,17H2,1H3. The van der Waals surface area contributed by atoms with Crippen molar-refractivity contribution in [1.29, 1.82) is 0 Å². The van der Waals surface area contributed by atoms with Gasteiger partial charge in [0.25, 0.3) is 0 Å². The molecule has 0 bridgehead atoms. The number of hydrogen-bond donors (Lipinski definition) is 2.